The highest BCUT2D eigenvalue weighted by atomic mass is 35.5. The molecule has 2 aromatic rings. The highest BCUT2D eigenvalue weighted by Gasteiger charge is 2.26. The Morgan fingerprint density at radius 1 is 1.00 bits per heavy atom. The van der Waals surface area contributed by atoms with Crippen LogP contribution in [0.5, 0.6) is 5.75 Å². The van der Waals surface area contributed by atoms with E-state index in [2.05, 4.69) is 4.74 Å². The molecule has 0 aliphatic heterocycles. The van der Waals surface area contributed by atoms with Crippen LogP contribution in [0.1, 0.15) is 20.7 Å². The van der Waals surface area contributed by atoms with Crippen LogP contribution in [-0.4, -0.2) is 34.5 Å². The highest BCUT2D eigenvalue weighted by Crippen LogP contribution is 2.30. The first-order chi connectivity index (χ1) is 12.2. The van der Waals surface area contributed by atoms with E-state index in [1.54, 1.807) is 0 Å². The van der Waals surface area contributed by atoms with Crippen molar-refractivity contribution >= 4 is 45.1 Å². The van der Waals surface area contributed by atoms with Gasteiger partial charge in [0.05, 0.1) is 35.4 Å². The largest absolute Gasteiger partial charge is 0.496 e. The third-order valence-electron chi connectivity index (χ3n) is 3.30. The molecule has 1 N–H and O–H groups in total. The van der Waals surface area contributed by atoms with Crippen molar-refractivity contribution in [3.63, 3.8) is 0 Å². The van der Waals surface area contributed by atoms with Crippen molar-refractivity contribution < 1.29 is 27.5 Å². The lowest BCUT2D eigenvalue weighted by molar-refractivity contribution is 0.0596. The normalized spacial score (nSPS) is 10.9. The van der Waals surface area contributed by atoms with E-state index in [1.807, 2.05) is 4.72 Å². The van der Waals surface area contributed by atoms with Crippen molar-refractivity contribution in [3.8, 4) is 5.75 Å². The maximum atomic E-state index is 12.6. The first-order valence-electron chi connectivity index (χ1n) is 6.98. The summed E-state index contributed by atoms with van der Waals surface area (Å²) in [5, 5.41) is 0.184. The summed E-state index contributed by atoms with van der Waals surface area (Å²) in [7, 11) is -1.97. The van der Waals surface area contributed by atoms with Gasteiger partial charge in [0.25, 0.3) is 15.9 Å². The third-order valence-corrected chi connectivity index (χ3v) is 5.41. The zero-order valence-corrected chi connectivity index (χ0v) is 15.9. The molecule has 0 heterocycles. The first kappa shape index (κ1) is 20.0. The Balaban J connectivity index is 2.44. The van der Waals surface area contributed by atoms with E-state index in [-0.39, 0.29) is 26.9 Å². The lowest BCUT2D eigenvalue weighted by atomic mass is 10.2. The number of nitrogens with one attached hydrogen (secondary N) is 1. The summed E-state index contributed by atoms with van der Waals surface area (Å²) < 4.78 is 36.6. The van der Waals surface area contributed by atoms with Gasteiger partial charge in [0.1, 0.15) is 10.6 Å². The molecule has 26 heavy (non-hydrogen) atoms. The van der Waals surface area contributed by atoms with Crippen LogP contribution in [0.15, 0.2) is 41.3 Å². The molecule has 7 nitrogen and oxygen atoms in total. The fourth-order valence-electron chi connectivity index (χ4n) is 2.09. The molecule has 0 spiro atoms. The third kappa shape index (κ3) is 4.09. The Labute approximate surface area is 159 Å². The van der Waals surface area contributed by atoms with Gasteiger partial charge in [-0.3, -0.25) is 4.79 Å². The summed E-state index contributed by atoms with van der Waals surface area (Å²) in [6, 6.07) is 7.78. The smallest absolute Gasteiger partial charge is 0.339 e. The van der Waals surface area contributed by atoms with E-state index < -0.39 is 26.8 Å². The number of carbonyl (C=O) groups excluding carboxylic acids is 2. The van der Waals surface area contributed by atoms with Crippen molar-refractivity contribution in [2.75, 3.05) is 14.2 Å². The number of esters is 1. The zero-order chi connectivity index (χ0) is 19.5. The quantitative estimate of drug-likeness (QED) is 0.750. The summed E-state index contributed by atoms with van der Waals surface area (Å²) in [5.41, 5.74) is -0.350. The SMILES string of the molecule is COC(=O)c1ccccc1S(=O)(=O)NC(=O)c1cc(Cl)c(Cl)cc1OC. The number of hydrogen-bond acceptors (Lipinski definition) is 6. The Morgan fingerprint density at radius 3 is 2.23 bits per heavy atom. The van der Waals surface area contributed by atoms with Crippen molar-refractivity contribution in [3.05, 3.63) is 57.6 Å². The predicted octanol–water partition coefficient (Wildman–Crippen LogP) is 2.91. The molecule has 0 unspecified atom stereocenters. The number of benzene rings is 2. The lowest BCUT2D eigenvalue weighted by Gasteiger charge is -2.12. The monoisotopic (exact) mass is 417 g/mol. The van der Waals surface area contributed by atoms with Gasteiger partial charge in [-0.05, 0) is 18.2 Å². The molecule has 0 fully saturated rings. The molecule has 0 saturated carbocycles. The Morgan fingerprint density at radius 2 is 1.62 bits per heavy atom. The molecule has 0 bridgehead atoms. The number of sulfonamides is 1. The van der Waals surface area contributed by atoms with Gasteiger partial charge in [0.2, 0.25) is 0 Å². The van der Waals surface area contributed by atoms with Crippen molar-refractivity contribution in [1.29, 1.82) is 0 Å². The lowest BCUT2D eigenvalue weighted by Crippen LogP contribution is -2.32. The first-order valence-corrected chi connectivity index (χ1v) is 9.22. The highest BCUT2D eigenvalue weighted by molar-refractivity contribution is 7.90. The maximum Gasteiger partial charge on any atom is 0.339 e. The molecule has 1 amide bonds. The summed E-state index contributed by atoms with van der Waals surface area (Å²) in [5.74, 6) is -1.82. The van der Waals surface area contributed by atoms with E-state index in [0.717, 1.165) is 7.11 Å². The van der Waals surface area contributed by atoms with Crippen LogP contribution >= 0.6 is 23.2 Å². The molecule has 0 atom stereocenters. The molecule has 0 aliphatic rings. The molecule has 138 valence electrons. The Hall–Kier alpha value is -2.29. The fraction of sp³-hybridized carbons (Fsp3) is 0.125. The fourth-order valence-corrected chi connectivity index (χ4v) is 3.57. The second-order valence-corrected chi connectivity index (χ2v) is 7.35. The van der Waals surface area contributed by atoms with E-state index in [0.29, 0.717) is 0 Å². The molecule has 0 radical (unpaired) electrons. The molecule has 2 aromatic carbocycles. The van der Waals surface area contributed by atoms with Gasteiger partial charge in [-0.2, -0.15) is 0 Å². The molecular formula is C16H13Cl2NO6S. The minimum absolute atomic E-state index is 0.0355. The minimum Gasteiger partial charge on any atom is -0.496 e. The van der Waals surface area contributed by atoms with E-state index in [1.165, 1.54) is 43.5 Å². The maximum absolute atomic E-state index is 12.6. The van der Waals surface area contributed by atoms with Crippen molar-refractivity contribution in [2.24, 2.45) is 0 Å². The summed E-state index contributed by atoms with van der Waals surface area (Å²) >= 11 is 11.7. The number of amides is 1. The average Bonchev–Trinajstić information content (AvgIpc) is 2.62. The molecule has 0 aliphatic carbocycles. The van der Waals surface area contributed by atoms with Gasteiger partial charge in [-0.1, -0.05) is 35.3 Å². The second-order valence-electron chi connectivity index (χ2n) is 4.89. The van der Waals surface area contributed by atoms with Crippen LogP contribution < -0.4 is 9.46 Å². The van der Waals surface area contributed by atoms with Crippen LogP contribution in [0.2, 0.25) is 10.0 Å². The summed E-state index contributed by atoms with van der Waals surface area (Å²) in [4.78, 5) is 23.8. The van der Waals surface area contributed by atoms with Crippen LogP contribution in [0.4, 0.5) is 0 Å². The standard InChI is InChI=1S/C16H13Cl2NO6S/c1-24-13-8-12(18)11(17)7-10(13)15(20)19-26(22,23)14-6-4-3-5-9(14)16(21)25-2/h3-8H,1-2H3,(H,19,20). The van der Waals surface area contributed by atoms with E-state index in [4.69, 9.17) is 27.9 Å². The number of rotatable bonds is 5. The number of halogens is 2. The molecule has 0 aromatic heterocycles. The summed E-state index contributed by atoms with van der Waals surface area (Å²) in [6.45, 7) is 0. The van der Waals surface area contributed by atoms with Crippen LogP contribution in [-0.2, 0) is 14.8 Å². The number of hydrogen-bond donors (Lipinski definition) is 1. The summed E-state index contributed by atoms with van der Waals surface area (Å²) in [6.07, 6.45) is 0. The van der Waals surface area contributed by atoms with Crippen molar-refractivity contribution in [2.45, 2.75) is 4.90 Å². The second kappa shape index (κ2) is 7.94. The Bertz CT molecular complexity index is 975. The van der Waals surface area contributed by atoms with Gasteiger partial charge in [-0.15, -0.1) is 0 Å². The van der Waals surface area contributed by atoms with E-state index >= 15 is 0 Å². The number of methoxy groups -OCH3 is 2. The molecular weight excluding hydrogens is 405 g/mol. The van der Waals surface area contributed by atoms with Crippen molar-refractivity contribution in [1.82, 2.24) is 4.72 Å². The number of ether oxygens (including phenoxy) is 2. The van der Waals surface area contributed by atoms with Gasteiger partial charge in [0.15, 0.2) is 0 Å². The van der Waals surface area contributed by atoms with Crippen LogP contribution in [0, 0.1) is 0 Å². The minimum atomic E-state index is -4.37. The van der Waals surface area contributed by atoms with Gasteiger partial charge in [-0.25, -0.2) is 17.9 Å². The van der Waals surface area contributed by atoms with Crippen LogP contribution in [0.25, 0.3) is 0 Å². The predicted molar refractivity (Wildman–Crippen MR) is 95.4 cm³/mol. The zero-order valence-electron chi connectivity index (χ0n) is 13.6. The van der Waals surface area contributed by atoms with Gasteiger partial charge in [0, 0.05) is 6.07 Å². The molecule has 0 saturated heterocycles. The Kier molecular flexibility index (Phi) is 6.12. The molecule has 2 rings (SSSR count). The molecule has 10 heteroatoms. The van der Waals surface area contributed by atoms with Gasteiger partial charge >= 0.3 is 5.97 Å². The average molecular weight is 418 g/mol. The van der Waals surface area contributed by atoms with Crippen LogP contribution in [0.3, 0.4) is 0 Å². The van der Waals surface area contributed by atoms with E-state index in [9.17, 15) is 18.0 Å². The number of carbonyl (C=O) groups is 2. The van der Waals surface area contributed by atoms with Gasteiger partial charge < -0.3 is 9.47 Å². The topological polar surface area (TPSA) is 98.8 Å².